The van der Waals surface area contributed by atoms with E-state index in [9.17, 15) is 20.0 Å². The van der Waals surface area contributed by atoms with E-state index in [0.717, 1.165) is 11.1 Å². The van der Waals surface area contributed by atoms with Gasteiger partial charge < -0.3 is 15.4 Å². The van der Waals surface area contributed by atoms with Gasteiger partial charge in [-0.1, -0.05) is 0 Å². The molecule has 8 heteroatoms. The Kier molecular flexibility index (Phi) is 4.59. The molecule has 3 aromatic rings. The summed E-state index contributed by atoms with van der Waals surface area (Å²) in [6.45, 7) is 0.123. The molecule has 0 aliphatic heterocycles. The molecule has 0 saturated heterocycles. The average molecular weight is 345 g/mol. The van der Waals surface area contributed by atoms with Gasteiger partial charge in [0.2, 0.25) is 5.91 Å². The monoisotopic (exact) mass is 345 g/mol. The van der Waals surface area contributed by atoms with Crippen LogP contribution in [0.15, 0.2) is 41.2 Å². The molecule has 0 radical (unpaired) electrons. The Hall–Kier alpha value is -2.71. The van der Waals surface area contributed by atoms with Crippen LogP contribution in [-0.4, -0.2) is 27.5 Å². The van der Waals surface area contributed by atoms with Crippen molar-refractivity contribution in [1.29, 1.82) is 0 Å². The van der Waals surface area contributed by atoms with Crippen molar-refractivity contribution in [2.45, 2.75) is 12.5 Å². The van der Waals surface area contributed by atoms with E-state index in [1.165, 1.54) is 23.5 Å². The second kappa shape index (κ2) is 6.81. The van der Waals surface area contributed by atoms with Crippen molar-refractivity contribution >= 4 is 33.8 Å². The average Bonchev–Trinajstić information content (AvgIpc) is 3.22. The molecule has 3 rings (SSSR count). The van der Waals surface area contributed by atoms with Gasteiger partial charge in [0.15, 0.2) is 0 Å². The number of carbonyl (C=O) groups excluding carboxylic acids is 1. The number of hydrogen-bond donors (Lipinski definition) is 3. The second-order valence-electron chi connectivity index (χ2n) is 5.35. The fourth-order valence-electron chi connectivity index (χ4n) is 2.45. The first kappa shape index (κ1) is 16.2. The summed E-state index contributed by atoms with van der Waals surface area (Å²) in [4.78, 5) is 25.5. The molecular formula is C16H15N3O4S. The van der Waals surface area contributed by atoms with Crippen LogP contribution in [0.5, 0.6) is 0 Å². The molecule has 3 N–H and O–H groups in total. The van der Waals surface area contributed by atoms with E-state index in [-0.39, 0.29) is 24.6 Å². The molecule has 1 atom stereocenters. The Labute approximate surface area is 141 Å². The summed E-state index contributed by atoms with van der Waals surface area (Å²) >= 11 is 1.48. The van der Waals surface area contributed by atoms with E-state index >= 15 is 0 Å². The number of H-pyrrole nitrogens is 1. The number of nitro benzene ring substituents is 1. The number of aromatic nitrogens is 1. The van der Waals surface area contributed by atoms with Gasteiger partial charge in [-0.15, -0.1) is 0 Å². The minimum absolute atomic E-state index is 0.0170. The van der Waals surface area contributed by atoms with Gasteiger partial charge in [0.1, 0.15) is 0 Å². The lowest BCUT2D eigenvalue weighted by Crippen LogP contribution is -2.29. The highest BCUT2D eigenvalue weighted by molar-refractivity contribution is 7.07. The number of aliphatic hydroxyl groups is 1. The highest BCUT2D eigenvalue weighted by Gasteiger charge is 2.14. The van der Waals surface area contributed by atoms with Gasteiger partial charge in [0.25, 0.3) is 5.69 Å². The first-order valence-electron chi connectivity index (χ1n) is 7.26. The van der Waals surface area contributed by atoms with Crippen LogP contribution < -0.4 is 5.32 Å². The van der Waals surface area contributed by atoms with Crippen molar-refractivity contribution in [3.63, 3.8) is 0 Å². The van der Waals surface area contributed by atoms with E-state index < -0.39 is 11.0 Å². The number of thiophene rings is 1. The van der Waals surface area contributed by atoms with Crippen LogP contribution in [-0.2, 0) is 11.2 Å². The van der Waals surface area contributed by atoms with E-state index in [2.05, 4.69) is 10.3 Å². The normalized spacial score (nSPS) is 12.2. The van der Waals surface area contributed by atoms with Gasteiger partial charge in [0, 0.05) is 35.8 Å². The van der Waals surface area contributed by atoms with Crippen LogP contribution >= 0.6 is 11.3 Å². The van der Waals surface area contributed by atoms with Gasteiger partial charge in [-0.3, -0.25) is 14.9 Å². The highest BCUT2D eigenvalue weighted by atomic mass is 32.1. The molecule has 0 aliphatic carbocycles. The van der Waals surface area contributed by atoms with E-state index in [1.807, 2.05) is 10.8 Å². The number of aromatic amines is 1. The van der Waals surface area contributed by atoms with Gasteiger partial charge >= 0.3 is 0 Å². The Bertz CT molecular complexity index is 873. The molecule has 0 bridgehead atoms. The number of nitrogens with zero attached hydrogens (tertiary/aromatic N) is 1. The zero-order valence-corrected chi connectivity index (χ0v) is 13.4. The molecule has 2 heterocycles. The summed E-state index contributed by atoms with van der Waals surface area (Å²) in [7, 11) is 0. The second-order valence-corrected chi connectivity index (χ2v) is 6.13. The molecule has 1 aromatic carbocycles. The van der Waals surface area contributed by atoms with Crippen molar-refractivity contribution in [2.24, 2.45) is 0 Å². The lowest BCUT2D eigenvalue weighted by molar-refractivity contribution is -0.384. The Morgan fingerprint density at radius 2 is 2.25 bits per heavy atom. The van der Waals surface area contributed by atoms with Crippen LogP contribution in [0.3, 0.4) is 0 Å². The van der Waals surface area contributed by atoms with Crippen LogP contribution in [0.25, 0.3) is 10.9 Å². The quantitative estimate of drug-likeness (QED) is 0.471. The zero-order chi connectivity index (χ0) is 17.1. The number of nitro groups is 1. The van der Waals surface area contributed by atoms with E-state index in [0.29, 0.717) is 10.9 Å². The predicted octanol–water partition coefficient (Wildman–Crippen LogP) is 2.53. The first-order chi connectivity index (χ1) is 11.5. The summed E-state index contributed by atoms with van der Waals surface area (Å²) in [6, 6.07) is 6.30. The van der Waals surface area contributed by atoms with E-state index in [1.54, 1.807) is 18.3 Å². The van der Waals surface area contributed by atoms with Crippen molar-refractivity contribution in [1.82, 2.24) is 10.3 Å². The molecule has 1 amide bonds. The largest absolute Gasteiger partial charge is 0.387 e. The van der Waals surface area contributed by atoms with Crippen molar-refractivity contribution in [3.05, 3.63) is 62.5 Å². The number of nitrogens with one attached hydrogen (secondary N) is 2. The number of non-ortho nitro benzene ring substituents is 1. The van der Waals surface area contributed by atoms with Gasteiger partial charge in [0.05, 0.1) is 17.4 Å². The molecule has 2 aromatic heterocycles. The molecule has 0 aliphatic rings. The molecule has 124 valence electrons. The van der Waals surface area contributed by atoms with Crippen molar-refractivity contribution < 1.29 is 14.8 Å². The molecule has 0 fully saturated rings. The number of hydrogen-bond acceptors (Lipinski definition) is 5. The molecule has 0 spiro atoms. The fourth-order valence-corrected chi connectivity index (χ4v) is 3.16. The zero-order valence-electron chi connectivity index (χ0n) is 12.6. The smallest absolute Gasteiger partial charge is 0.270 e. The minimum Gasteiger partial charge on any atom is -0.387 e. The van der Waals surface area contributed by atoms with Crippen LogP contribution in [0.4, 0.5) is 5.69 Å². The fraction of sp³-hybridized carbons (Fsp3) is 0.188. The van der Waals surface area contributed by atoms with Gasteiger partial charge in [-0.2, -0.15) is 11.3 Å². The summed E-state index contributed by atoms with van der Waals surface area (Å²) in [6.07, 6.45) is 1.00. The molecule has 1 unspecified atom stereocenters. The standard InChI is InChI=1S/C16H15N3O4S/c20-15(10-3-4-24-9-10)8-18-16(21)5-11-7-17-14-2-1-12(19(22)23)6-13(11)14/h1-4,6-7,9,15,17,20H,5,8H2,(H,18,21). The Morgan fingerprint density at radius 3 is 2.96 bits per heavy atom. The van der Waals surface area contributed by atoms with Gasteiger partial charge in [-0.05, 0) is 34.0 Å². The molecule has 0 saturated carbocycles. The first-order valence-corrected chi connectivity index (χ1v) is 8.20. The Morgan fingerprint density at radius 1 is 1.42 bits per heavy atom. The van der Waals surface area contributed by atoms with E-state index in [4.69, 9.17) is 0 Å². The molecule has 7 nitrogen and oxygen atoms in total. The number of amides is 1. The van der Waals surface area contributed by atoms with Crippen molar-refractivity contribution in [2.75, 3.05) is 6.54 Å². The summed E-state index contributed by atoms with van der Waals surface area (Å²) in [5, 5.41) is 27.9. The molecular weight excluding hydrogens is 330 g/mol. The summed E-state index contributed by atoms with van der Waals surface area (Å²) in [5.41, 5.74) is 2.16. The highest BCUT2D eigenvalue weighted by Crippen LogP contribution is 2.24. The lowest BCUT2D eigenvalue weighted by atomic mass is 10.1. The lowest BCUT2D eigenvalue weighted by Gasteiger charge is -2.10. The maximum atomic E-state index is 12.1. The number of benzene rings is 1. The maximum Gasteiger partial charge on any atom is 0.270 e. The van der Waals surface area contributed by atoms with Gasteiger partial charge in [-0.25, -0.2) is 0 Å². The number of fused-ring (bicyclic) bond motifs is 1. The van der Waals surface area contributed by atoms with Crippen LogP contribution in [0.2, 0.25) is 0 Å². The number of carbonyl (C=O) groups is 1. The van der Waals surface area contributed by atoms with Crippen molar-refractivity contribution in [3.8, 4) is 0 Å². The third-order valence-corrected chi connectivity index (χ3v) is 4.43. The summed E-state index contributed by atoms with van der Waals surface area (Å²) in [5.74, 6) is -0.253. The number of rotatable bonds is 6. The topological polar surface area (TPSA) is 108 Å². The van der Waals surface area contributed by atoms with Crippen LogP contribution in [0.1, 0.15) is 17.2 Å². The maximum absolute atomic E-state index is 12.1. The minimum atomic E-state index is -0.746. The van der Waals surface area contributed by atoms with Crippen LogP contribution in [0, 0.1) is 10.1 Å². The summed E-state index contributed by atoms with van der Waals surface area (Å²) < 4.78 is 0. The predicted molar refractivity (Wildman–Crippen MR) is 90.9 cm³/mol. The Balaban J connectivity index is 1.67. The number of aliphatic hydroxyl groups excluding tert-OH is 1. The third-order valence-electron chi connectivity index (χ3n) is 3.73. The third kappa shape index (κ3) is 3.44. The SMILES string of the molecule is O=C(Cc1c[nH]c2ccc([N+](=O)[O-])cc12)NCC(O)c1ccsc1. The molecule has 24 heavy (non-hydrogen) atoms.